The number of nitrogens with zero attached hydrogens (tertiary/aromatic N) is 3. The fraction of sp³-hybridized carbons (Fsp3) is 0.238. The first-order valence-corrected chi connectivity index (χ1v) is 9.41. The number of hydrogen-bond acceptors (Lipinski definition) is 6. The SMILES string of the molecule is CN(C)CCNc1cc(Nc2ccc(OCc3ccc(Cl)cc3)cc2)ncn1. The Bertz CT molecular complexity index is 869. The molecule has 28 heavy (non-hydrogen) atoms. The summed E-state index contributed by atoms with van der Waals surface area (Å²) in [6.07, 6.45) is 1.55. The highest BCUT2D eigenvalue weighted by Gasteiger charge is 2.02. The van der Waals surface area contributed by atoms with Gasteiger partial charge in [0.1, 0.15) is 30.3 Å². The summed E-state index contributed by atoms with van der Waals surface area (Å²) in [4.78, 5) is 10.6. The monoisotopic (exact) mass is 397 g/mol. The van der Waals surface area contributed by atoms with Gasteiger partial charge in [-0.25, -0.2) is 9.97 Å². The molecule has 0 aliphatic heterocycles. The molecule has 2 N–H and O–H groups in total. The average Bonchev–Trinajstić information content (AvgIpc) is 2.69. The lowest BCUT2D eigenvalue weighted by atomic mass is 10.2. The maximum atomic E-state index is 5.90. The Balaban J connectivity index is 1.53. The third-order valence-electron chi connectivity index (χ3n) is 3.98. The summed E-state index contributed by atoms with van der Waals surface area (Å²) in [7, 11) is 4.08. The van der Waals surface area contributed by atoms with Gasteiger partial charge >= 0.3 is 0 Å². The molecule has 2 aromatic carbocycles. The zero-order valence-corrected chi connectivity index (χ0v) is 16.8. The molecule has 0 saturated heterocycles. The van der Waals surface area contributed by atoms with Crippen molar-refractivity contribution in [3.8, 4) is 5.75 Å². The average molecular weight is 398 g/mol. The summed E-state index contributed by atoms with van der Waals surface area (Å²) in [6.45, 7) is 2.26. The van der Waals surface area contributed by atoms with E-state index < -0.39 is 0 Å². The van der Waals surface area contributed by atoms with E-state index in [9.17, 15) is 0 Å². The highest BCUT2D eigenvalue weighted by molar-refractivity contribution is 6.30. The van der Waals surface area contributed by atoms with Crippen LogP contribution in [-0.2, 0) is 6.61 Å². The van der Waals surface area contributed by atoms with Crippen molar-refractivity contribution in [2.75, 3.05) is 37.8 Å². The van der Waals surface area contributed by atoms with Gasteiger partial charge in [0.05, 0.1) is 0 Å². The van der Waals surface area contributed by atoms with E-state index in [1.165, 1.54) is 0 Å². The zero-order chi connectivity index (χ0) is 19.8. The van der Waals surface area contributed by atoms with E-state index >= 15 is 0 Å². The molecule has 1 heterocycles. The number of rotatable bonds is 9. The molecular formula is C21H24ClN5O. The van der Waals surface area contributed by atoms with E-state index in [-0.39, 0.29) is 0 Å². The first kappa shape index (κ1) is 19.9. The summed E-state index contributed by atoms with van der Waals surface area (Å²) in [6, 6.07) is 17.3. The van der Waals surface area contributed by atoms with Crippen LogP contribution in [0.2, 0.25) is 5.02 Å². The molecule has 6 nitrogen and oxygen atoms in total. The summed E-state index contributed by atoms with van der Waals surface area (Å²) < 4.78 is 5.81. The van der Waals surface area contributed by atoms with Crippen molar-refractivity contribution in [1.29, 1.82) is 0 Å². The second kappa shape index (κ2) is 9.92. The van der Waals surface area contributed by atoms with E-state index in [1.54, 1.807) is 6.33 Å². The minimum atomic E-state index is 0.498. The van der Waals surface area contributed by atoms with E-state index in [2.05, 4.69) is 25.5 Å². The zero-order valence-electron chi connectivity index (χ0n) is 16.0. The first-order chi connectivity index (χ1) is 13.6. The van der Waals surface area contributed by atoms with E-state index in [0.29, 0.717) is 6.61 Å². The van der Waals surface area contributed by atoms with Crippen molar-refractivity contribution in [2.45, 2.75) is 6.61 Å². The molecule has 7 heteroatoms. The largest absolute Gasteiger partial charge is 0.489 e. The topological polar surface area (TPSA) is 62.3 Å². The molecule has 3 aromatic rings. The molecule has 0 aliphatic rings. The van der Waals surface area contributed by atoms with Crippen LogP contribution >= 0.6 is 11.6 Å². The maximum Gasteiger partial charge on any atom is 0.135 e. The fourth-order valence-electron chi connectivity index (χ4n) is 2.46. The third kappa shape index (κ3) is 6.40. The predicted molar refractivity (Wildman–Crippen MR) is 115 cm³/mol. The van der Waals surface area contributed by atoms with Crippen molar-refractivity contribution in [1.82, 2.24) is 14.9 Å². The molecule has 0 spiro atoms. The Labute approximate surface area is 170 Å². The number of ether oxygens (including phenoxy) is 1. The Morgan fingerprint density at radius 1 is 0.964 bits per heavy atom. The van der Waals surface area contributed by atoms with Gasteiger partial charge in [-0.05, 0) is 56.1 Å². The van der Waals surface area contributed by atoms with Crippen molar-refractivity contribution < 1.29 is 4.74 Å². The van der Waals surface area contributed by atoms with Crippen LogP contribution in [-0.4, -0.2) is 42.1 Å². The second-order valence-electron chi connectivity index (χ2n) is 6.58. The van der Waals surface area contributed by atoms with Gasteiger partial charge in [0.2, 0.25) is 0 Å². The molecule has 3 rings (SSSR count). The van der Waals surface area contributed by atoms with Crippen LogP contribution in [0.5, 0.6) is 5.75 Å². The minimum absolute atomic E-state index is 0.498. The summed E-state index contributed by atoms with van der Waals surface area (Å²) in [5, 5.41) is 7.29. The van der Waals surface area contributed by atoms with Gasteiger partial charge in [-0.2, -0.15) is 0 Å². The van der Waals surface area contributed by atoms with Crippen LogP contribution in [0.1, 0.15) is 5.56 Å². The number of likely N-dealkylation sites (N-methyl/N-ethyl adjacent to an activating group) is 1. The Kier molecular flexibility index (Phi) is 7.06. The second-order valence-corrected chi connectivity index (χ2v) is 7.02. The normalized spacial score (nSPS) is 10.7. The maximum absolute atomic E-state index is 5.90. The van der Waals surface area contributed by atoms with E-state index in [0.717, 1.165) is 46.7 Å². The smallest absolute Gasteiger partial charge is 0.135 e. The number of benzene rings is 2. The number of aromatic nitrogens is 2. The molecule has 0 saturated carbocycles. The summed E-state index contributed by atoms with van der Waals surface area (Å²) >= 11 is 5.90. The third-order valence-corrected chi connectivity index (χ3v) is 4.23. The lowest BCUT2D eigenvalue weighted by Gasteiger charge is -2.12. The van der Waals surface area contributed by atoms with Gasteiger partial charge in [0, 0.05) is 29.9 Å². The molecule has 1 aromatic heterocycles. The van der Waals surface area contributed by atoms with Crippen molar-refractivity contribution in [3.63, 3.8) is 0 Å². The number of hydrogen-bond donors (Lipinski definition) is 2. The van der Waals surface area contributed by atoms with E-state index in [4.69, 9.17) is 16.3 Å². The van der Waals surface area contributed by atoms with Crippen molar-refractivity contribution >= 4 is 28.9 Å². The van der Waals surface area contributed by atoms with Crippen LogP contribution in [0.4, 0.5) is 17.3 Å². The van der Waals surface area contributed by atoms with Gasteiger partial charge in [0.25, 0.3) is 0 Å². The van der Waals surface area contributed by atoms with Gasteiger partial charge in [0.15, 0.2) is 0 Å². The molecule has 0 aliphatic carbocycles. The van der Waals surface area contributed by atoms with Crippen LogP contribution in [0.3, 0.4) is 0 Å². The number of halogens is 1. The molecular weight excluding hydrogens is 374 g/mol. The van der Waals surface area contributed by atoms with Crippen molar-refractivity contribution in [2.24, 2.45) is 0 Å². The molecule has 0 bridgehead atoms. The number of anilines is 3. The van der Waals surface area contributed by atoms with Crippen LogP contribution in [0, 0.1) is 0 Å². The lowest BCUT2D eigenvalue weighted by molar-refractivity contribution is 0.306. The fourth-order valence-corrected chi connectivity index (χ4v) is 2.59. The Morgan fingerprint density at radius 3 is 2.39 bits per heavy atom. The quantitative estimate of drug-likeness (QED) is 0.557. The minimum Gasteiger partial charge on any atom is -0.489 e. The van der Waals surface area contributed by atoms with Crippen LogP contribution in [0.15, 0.2) is 60.9 Å². The summed E-state index contributed by atoms with van der Waals surface area (Å²) in [5.41, 5.74) is 2.00. The standard InChI is InChI=1S/C21H24ClN5O/c1-27(2)12-11-23-20-13-21(25-15-24-20)26-18-7-9-19(10-8-18)28-14-16-3-5-17(22)6-4-16/h3-10,13,15H,11-12,14H2,1-2H3,(H2,23,24,25,26). The van der Waals surface area contributed by atoms with Gasteiger partial charge in [-0.3, -0.25) is 0 Å². The molecule has 0 amide bonds. The molecule has 0 fully saturated rings. The van der Waals surface area contributed by atoms with E-state index in [1.807, 2.05) is 68.7 Å². The van der Waals surface area contributed by atoms with Crippen LogP contribution in [0.25, 0.3) is 0 Å². The molecule has 0 unspecified atom stereocenters. The molecule has 146 valence electrons. The highest BCUT2D eigenvalue weighted by Crippen LogP contribution is 2.21. The molecule has 0 radical (unpaired) electrons. The predicted octanol–water partition coefficient (Wildman–Crippen LogP) is 4.43. The molecule has 0 atom stereocenters. The van der Waals surface area contributed by atoms with Crippen molar-refractivity contribution in [3.05, 3.63) is 71.5 Å². The Hall–Kier alpha value is -2.83. The van der Waals surface area contributed by atoms with Gasteiger partial charge in [-0.15, -0.1) is 0 Å². The van der Waals surface area contributed by atoms with Gasteiger partial charge in [-0.1, -0.05) is 23.7 Å². The van der Waals surface area contributed by atoms with Gasteiger partial charge < -0.3 is 20.3 Å². The highest BCUT2D eigenvalue weighted by atomic mass is 35.5. The first-order valence-electron chi connectivity index (χ1n) is 9.03. The Morgan fingerprint density at radius 2 is 1.68 bits per heavy atom. The lowest BCUT2D eigenvalue weighted by Crippen LogP contribution is -2.21. The summed E-state index contributed by atoms with van der Waals surface area (Å²) in [5.74, 6) is 2.33. The van der Waals surface area contributed by atoms with Crippen LogP contribution < -0.4 is 15.4 Å². The number of nitrogens with one attached hydrogen (secondary N) is 2.